The predicted octanol–water partition coefficient (Wildman–Crippen LogP) is 1.62. The summed E-state index contributed by atoms with van der Waals surface area (Å²) in [4.78, 5) is 6.29. The second-order valence-electron chi connectivity index (χ2n) is 5.18. The van der Waals surface area contributed by atoms with Gasteiger partial charge in [-0.3, -0.25) is 4.90 Å². The lowest BCUT2D eigenvalue weighted by Crippen LogP contribution is -2.37. The van der Waals surface area contributed by atoms with Crippen LogP contribution in [0.15, 0.2) is 12.1 Å². The number of halogens is 2. The van der Waals surface area contributed by atoms with Gasteiger partial charge in [0.15, 0.2) is 5.82 Å². The highest BCUT2D eigenvalue weighted by atomic mass is 19.1. The molecule has 3 rings (SSSR count). The van der Waals surface area contributed by atoms with Gasteiger partial charge in [0.1, 0.15) is 11.3 Å². The number of imidazole rings is 1. The molecule has 0 amide bonds. The zero-order valence-electron chi connectivity index (χ0n) is 11.7. The van der Waals surface area contributed by atoms with E-state index in [4.69, 9.17) is 10.5 Å². The standard InChI is InChI=1S/C14H18F2N4O/c15-10-8-11(16)13-12(9-10)20(14(17)18-13)3-1-2-19-4-6-21-7-5-19/h8-9H,1-7H2,(H2,17,18). The zero-order chi connectivity index (χ0) is 14.8. The number of hydrogen-bond acceptors (Lipinski definition) is 4. The normalized spacial score (nSPS) is 16.7. The van der Waals surface area contributed by atoms with Crippen molar-refractivity contribution in [3.63, 3.8) is 0 Å². The number of hydrogen-bond donors (Lipinski definition) is 1. The summed E-state index contributed by atoms with van der Waals surface area (Å²) in [5, 5.41) is 0. The maximum atomic E-state index is 13.7. The summed E-state index contributed by atoms with van der Waals surface area (Å²) in [6, 6.07) is 2.10. The number of aromatic nitrogens is 2. The minimum absolute atomic E-state index is 0.125. The van der Waals surface area contributed by atoms with Gasteiger partial charge < -0.3 is 15.0 Å². The Kier molecular flexibility index (Phi) is 4.03. The number of nitrogens with zero attached hydrogens (tertiary/aromatic N) is 3. The molecule has 0 unspecified atom stereocenters. The molecular formula is C14H18F2N4O. The van der Waals surface area contributed by atoms with Crippen molar-refractivity contribution in [1.29, 1.82) is 0 Å². The maximum Gasteiger partial charge on any atom is 0.201 e. The number of nitrogen functional groups attached to an aromatic ring is 1. The van der Waals surface area contributed by atoms with E-state index in [-0.39, 0.29) is 11.5 Å². The Hall–Kier alpha value is -1.73. The molecule has 114 valence electrons. The highest BCUT2D eigenvalue weighted by Crippen LogP contribution is 2.22. The van der Waals surface area contributed by atoms with E-state index in [1.165, 1.54) is 6.07 Å². The fourth-order valence-corrected chi connectivity index (χ4v) is 2.68. The third-order valence-electron chi connectivity index (χ3n) is 3.76. The van der Waals surface area contributed by atoms with Crippen molar-refractivity contribution < 1.29 is 13.5 Å². The van der Waals surface area contributed by atoms with E-state index < -0.39 is 11.6 Å². The van der Waals surface area contributed by atoms with Crippen LogP contribution in [0.1, 0.15) is 6.42 Å². The third-order valence-corrected chi connectivity index (χ3v) is 3.76. The van der Waals surface area contributed by atoms with Gasteiger partial charge in [0.2, 0.25) is 5.95 Å². The number of fused-ring (bicyclic) bond motifs is 1. The average Bonchev–Trinajstić information content (AvgIpc) is 2.77. The Bertz CT molecular complexity index is 637. The van der Waals surface area contributed by atoms with Crippen molar-refractivity contribution in [1.82, 2.24) is 14.5 Å². The molecule has 1 aromatic carbocycles. The molecule has 0 saturated carbocycles. The minimum Gasteiger partial charge on any atom is -0.379 e. The summed E-state index contributed by atoms with van der Waals surface area (Å²) in [5.41, 5.74) is 6.36. The van der Waals surface area contributed by atoms with Crippen LogP contribution in [0.2, 0.25) is 0 Å². The van der Waals surface area contributed by atoms with Crippen molar-refractivity contribution in [3.8, 4) is 0 Å². The Morgan fingerprint density at radius 3 is 2.71 bits per heavy atom. The van der Waals surface area contributed by atoms with Gasteiger partial charge in [-0.05, 0) is 6.42 Å². The first-order chi connectivity index (χ1) is 10.1. The fraction of sp³-hybridized carbons (Fsp3) is 0.500. The third kappa shape index (κ3) is 2.98. The van der Waals surface area contributed by atoms with E-state index in [1.807, 2.05) is 0 Å². The Morgan fingerprint density at radius 1 is 1.19 bits per heavy atom. The van der Waals surface area contributed by atoms with E-state index in [9.17, 15) is 8.78 Å². The molecule has 1 aliphatic rings. The maximum absolute atomic E-state index is 13.7. The van der Waals surface area contributed by atoms with Gasteiger partial charge in [-0.25, -0.2) is 13.8 Å². The van der Waals surface area contributed by atoms with Gasteiger partial charge in [0.05, 0.1) is 18.7 Å². The lowest BCUT2D eigenvalue weighted by molar-refractivity contribution is 0.0370. The molecule has 0 aliphatic carbocycles. The van der Waals surface area contributed by atoms with Crippen LogP contribution in [-0.4, -0.2) is 47.3 Å². The number of rotatable bonds is 4. The van der Waals surface area contributed by atoms with Gasteiger partial charge in [-0.1, -0.05) is 0 Å². The summed E-state index contributed by atoms with van der Waals surface area (Å²) in [7, 11) is 0. The SMILES string of the molecule is Nc1nc2c(F)cc(F)cc2n1CCCN1CCOCC1. The molecule has 2 N–H and O–H groups in total. The number of ether oxygens (including phenoxy) is 1. The van der Waals surface area contributed by atoms with Gasteiger partial charge in [-0.15, -0.1) is 0 Å². The molecular weight excluding hydrogens is 278 g/mol. The topological polar surface area (TPSA) is 56.3 Å². The zero-order valence-corrected chi connectivity index (χ0v) is 11.7. The number of anilines is 1. The van der Waals surface area contributed by atoms with Crippen molar-refractivity contribution in [2.24, 2.45) is 0 Å². The molecule has 21 heavy (non-hydrogen) atoms. The number of morpholine rings is 1. The highest BCUT2D eigenvalue weighted by Gasteiger charge is 2.14. The Balaban J connectivity index is 1.72. The van der Waals surface area contributed by atoms with Gasteiger partial charge >= 0.3 is 0 Å². The fourth-order valence-electron chi connectivity index (χ4n) is 2.68. The van der Waals surface area contributed by atoms with E-state index in [0.29, 0.717) is 12.1 Å². The summed E-state index contributed by atoms with van der Waals surface area (Å²) < 4.78 is 34.0. The molecule has 0 spiro atoms. The quantitative estimate of drug-likeness (QED) is 0.931. The molecule has 1 aliphatic heterocycles. The summed E-state index contributed by atoms with van der Waals surface area (Å²) in [5.74, 6) is -1.07. The first-order valence-electron chi connectivity index (χ1n) is 7.06. The summed E-state index contributed by atoms with van der Waals surface area (Å²) in [6.07, 6.45) is 0.841. The average molecular weight is 296 g/mol. The lowest BCUT2D eigenvalue weighted by atomic mass is 10.3. The van der Waals surface area contributed by atoms with Gasteiger partial charge in [0.25, 0.3) is 0 Å². The predicted molar refractivity (Wildman–Crippen MR) is 75.9 cm³/mol. The summed E-state index contributed by atoms with van der Waals surface area (Å²) >= 11 is 0. The second kappa shape index (κ2) is 5.95. The monoisotopic (exact) mass is 296 g/mol. The highest BCUT2D eigenvalue weighted by molar-refractivity contribution is 5.79. The molecule has 7 heteroatoms. The molecule has 2 aromatic rings. The molecule has 2 heterocycles. The molecule has 1 saturated heterocycles. The Morgan fingerprint density at radius 2 is 1.95 bits per heavy atom. The minimum atomic E-state index is -0.677. The van der Waals surface area contributed by atoms with E-state index in [2.05, 4.69) is 9.88 Å². The smallest absolute Gasteiger partial charge is 0.201 e. The number of aryl methyl sites for hydroxylation is 1. The van der Waals surface area contributed by atoms with Crippen LogP contribution >= 0.6 is 0 Å². The second-order valence-corrected chi connectivity index (χ2v) is 5.18. The molecule has 1 fully saturated rings. The van der Waals surface area contributed by atoms with E-state index in [0.717, 1.165) is 45.3 Å². The van der Waals surface area contributed by atoms with Crippen molar-refractivity contribution >= 4 is 17.0 Å². The first-order valence-corrected chi connectivity index (χ1v) is 7.06. The lowest BCUT2D eigenvalue weighted by Gasteiger charge is -2.26. The van der Waals surface area contributed by atoms with Crippen LogP contribution in [0.3, 0.4) is 0 Å². The van der Waals surface area contributed by atoms with Crippen LogP contribution in [0.5, 0.6) is 0 Å². The Labute approximate surface area is 121 Å². The van der Waals surface area contributed by atoms with Crippen molar-refractivity contribution in [2.45, 2.75) is 13.0 Å². The molecule has 0 bridgehead atoms. The van der Waals surface area contributed by atoms with E-state index >= 15 is 0 Å². The van der Waals surface area contributed by atoms with E-state index in [1.54, 1.807) is 4.57 Å². The molecule has 5 nitrogen and oxygen atoms in total. The number of nitrogens with two attached hydrogens (primary N) is 1. The largest absolute Gasteiger partial charge is 0.379 e. The van der Waals surface area contributed by atoms with Crippen LogP contribution in [0, 0.1) is 11.6 Å². The van der Waals surface area contributed by atoms with Crippen molar-refractivity contribution in [2.75, 3.05) is 38.6 Å². The summed E-state index contributed by atoms with van der Waals surface area (Å²) in [6.45, 7) is 4.84. The number of benzene rings is 1. The first kappa shape index (κ1) is 14.2. The van der Waals surface area contributed by atoms with Crippen LogP contribution in [0.4, 0.5) is 14.7 Å². The van der Waals surface area contributed by atoms with Gasteiger partial charge in [-0.2, -0.15) is 0 Å². The molecule has 0 atom stereocenters. The van der Waals surface area contributed by atoms with Crippen LogP contribution in [0.25, 0.3) is 11.0 Å². The molecule has 0 radical (unpaired) electrons. The van der Waals surface area contributed by atoms with Crippen LogP contribution < -0.4 is 5.73 Å². The van der Waals surface area contributed by atoms with Crippen molar-refractivity contribution in [3.05, 3.63) is 23.8 Å². The molecule has 1 aromatic heterocycles. The van der Waals surface area contributed by atoms with Crippen LogP contribution in [-0.2, 0) is 11.3 Å². The van der Waals surface area contributed by atoms with Gasteiger partial charge in [0, 0.05) is 38.3 Å².